The highest BCUT2D eigenvalue weighted by Crippen LogP contribution is 2.22. The van der Waals surface area contributed by atoms with Gasteiger partial charge in [-0.05, 0) is 61.9 Å². The molecule has 0 radical (unpaired) electrons. The second-order valence-electron chi connectivity index (χ2n) is 6.69. The SMILES string of the molecule is COC(=O)Cc1cccc(NC(=O)c2cc(C)n(-c3ccc(C#N)cc3)c2C)c1. The summed E-state index contributed by atoms with van der Waals surface area (Å²) in [7, 11) is 1.34. The Morgan fingerprint density at radius 3 is 2.48 bits per heavy atom. The van der Waals surface area contributed by atoms with Crippen LogP contribution in [-0.2, 0) is 16.0 Å². The molecule has 1 amide bonds. The van der Waals surface area contributed by atoms with Crippen LogP contribution in [-0.4, -0.2) is 23.6 Å². The van der Waals surface area contributed by atoms with Gasteiger partial charge in [-0.25, -0.2) is 0 Å². The lowest BCUT2D eigenvalue weighted by atomic mass is 10.1. The molecule has 6 nitrogen and oxygen atoms in total. The van der Waals surface area contributed by atoms with Crippen LogP contribution in [0.25, 0.3) is 5.69 Å². The Balaban J connectivity index is 1.84. The number of methoxy groups -OCH3 is 1. The van der Waals surface area contributed by atoms with Crippen LogP contribution >= 0.6 is 0 Å². The lowest BCUT2D eigenvalue weighted by Crippen LogP contribution is -2.13. The van der Waals surface area contributed by atoms with Crippen molar-refractivity contribution in [2.45, 2.75) is 20.3 Å². The number of ether oxygens (including phenoxy) is 1. The van der Waals surface area contributed by atoms with E-state index in [0.29, 0.717) is 16.8 Å². The summed E-state index contributed by atoms with van der Waals surface area (Å²) in [5.74, 6) is -0.562. The highest BCUT2D eigenvalue weighted by atomic mass is 16.5. The quantitative estimate of drug-likeness (QED) is 0.672. The number of carbonyl (C=O) groups excluding carboxylic acids is 2. The van der Waals surface area contributed by atoms with Crippen molar-refractivity contribution in [3.05, 3.63) is 82.7 Å². The first-order valence-electron chi connectivity index (χ1n) is 9.09. The fraction of sp³-hybridized carbons (Fsp3) is 0.174. The molecule has 1 heterocycles. The van der Waals surface area contributed by atoms with Crippen LogP contribution in [0.15, 0.2) is 54.6 Å². The molecule has 0 spiro atoms. The highest BCUT2D eigenvalue weighted by Gasteiger charge is 2.17. The number of hydrogen-bond acceptors (Lipinski definition) is 4. The molecule has 0 bridgehead atoms. The number of nitrogens with one attached hydrogen (secondary N) is 1. The number of anilines is 1. The van der Waals surface area contributed by atoms with Gasteiger partial charge in [0, 0.05) is 22.8 Å². The van der Waals surface area contributed by atoms with Crippen molar-refractivity contribution in [1.82, 2.24) is 4.57 Å². The molecule has 3 aromatic rings. The molecule has 0 aliphatic rings. The van der Waals surface area contributed by atoms with Gasteiger partial charge in [-0.1, -0.05) is 12.1 Å². The largest absolute Gasteiger partial charge is 0.469 e. The van der Waals surface area contributed by atoms with E-state index in [1.165, 1.54) is 7.11 Å². The van der Waals surface area contributed by atoms with E-state index in [-0.39, 0.29) is 18.3 Å². The second kappa shape index (κ2) is 8.44. The second-order valence-corrected chi connectivity index (χ2v) is 6.69. The summed E-state index contributed by atoms with van der Waals surface area (Å²) >= 11 is 0. The Kier molecular flexibility index (Phi) is 5.79. The maximum absolute atomic E-state index is 12.9. The smallest absolute Gasteiger partial charge is 0.309 e. The number of aromatic nitrogens is 1. The minimum Gasteiger partial charge on any atom is -0.469 e. The maximum atomic E-state index is 12.9. The molecule has 0 atom stereocenters. The van der Waals surface area contributed by atoms with Crippen LogP contribution in [0.3, 0.4) is 0 Å². The summed E-state index contributed by atoms with van der Waals surface area (Å²) in [5.41, 5.74) is 5.12. The molecule has 3 rings (SSSR count). The standard InChI is InChI=1S/C23H21N3O3/c1-15-11-21(16(2)26(15)20-9-7-17(14-24)8-10-20)23(28)25-19-6-4-5-18(12-19)13-22(27)29-3/h4-12H,13H2,1-3H3,(H,25,28). The first-order chi connectivity index (χ1) is 13.9. The van der Waals surface area contributed by atoms with Gasteiger partial charge in [0.15, 0.2) is 0 Å². The van der Waals surface area contributed by atoms with Gasteiger partial charge in [0.2, 0.25) is 0 Å². The summed E-state index contributed by atoms with van der Waals surface area (Å²) in [6.45, 7) is 3.81. The number of amides is 1. The van der Waals surface area contributed by atoms with Gasteiger partial charge in [0.05, 0.1) is 30.7 Å². The Hall–Kier alpha value is -3.85. The molecular weight excluding hydrogens is 366 g/mol. The first kappa shape index (κ1) is 19.9. The van der Waals surface area contributed by atoms with Gasteiger partial charge in [0.1, 0.15) is 0 Å². The van der Waals surface area contributed by atoms with Gasteiger partial charge >= 0.3 is 5.97 Å². The van der Waals surface area contributed by atoms with Crippen molar-refractivity contribution in [3.63, 3.8) is 0 Å². The molecule has 0 aliphatic heterocycles. The van der Waals surface area contributed by atoms with E-state index in [9.17, 15) is 9.59 Å². The Labute approximate surface area is 169 Å². The van der Waals surface area contributed by atoms with E-state index >= 15 is 0 Å². The fourth-order valence-corrected chi connectivity index (χ4v) is 3.27. The topological polar surface area (TPSA) is 84.1 Å². The normalized spacial score (nSPS) is 10.3. The summed E-state index contributed by atoms with van der Waals surface area (Å²) in [6.07, 6.45) is 0.146. The number of nitriles is 1. The summed E-state index contributed by atoms with van der Waals surface area (Å²) in [5, 5.41) is 11.9. The molecule has 0 saturated heterocycles. The zero-order valence-corrected chi connectivity index (χ0v) is 16.5. The molecule has 0 unspecified atom stereocenters. The molecule has 2 aromatic carbocycles. The Morgan fingerprint density at radius 1 is 1.10 bits per heavy atom. The molecule has 6 heteroatoms. The zero-order chi connectivity index (χ0) is 21.0. The van der Waals surface area contributed by atoms with Crippen molar-refractivity contribution in [2.75, 3.05) is 12.4 Å². The van der Waals surface area contributed by atoms with Crippen LogP contribution < -0.4 is 5.32 Å². The van der Waals surface area contributed by atoms with E-state index < -0.39 is 0 Å². The lowest BCUT2D eigenvalue weighted by Gasteiger charge is -2.10. The molecular formula is C23H21N3O3. The van der Waals surface area contributed by atoms with Crippen molar-refractivity contribution < 1.29 is 14.3 Å². The fourth-order valence-electron chi connectivity index (χ4n) is 3.27. The molecule has 0 saturated carbocycles. The van der Waals surface area contributed by atoms with Crippen LogP contribution in [0.1, 0.15) is 32.9 Å². The van der Waals surface area contributed by atoms with Gasteiger partial charge in [-0.3, -0.25) is 9.59 Å². The maximum Gasteiger partial charge on any atom is 0.309 e. The van der Waals surface area contributed by atoms with Crippen LogP contribution in [0.5, 0.6) is 0 Å². The van der Waals surface area contributed by atoms with Gasteiger partial charge in [0.25, 0.3) is 5.91 Å². The van der Waals surface area contributed by atoms with E-state index in [1.54, 1.807) is 30.3 Å². The van der Waals surface area contributed by atoms with Crippen molar-refractivity contribution in [2.24, 2.45) is 0 Å². The molecule has 1 N–H and O–H groups in total. The number of carbonyl (C=O) groups is 2. The Bertz CT molecular complexity index is 1110. The summed E-state index contributed by atoms with van der Waals surface area (Å²) in [6, 6.07) is 18.3. The number of aryl methyl sites for hydroxylation is 1. The monoisotopic (exact) mass is 387 g/mol. The molecule has 0 aliphatic carbocycles. The third kappa shape index (κ3) is 4.36. The Morgan fingerprint density at radius 2 is 1.83 bits per heavy atom. The number of esters is 1. The third-order valence-electron chi connectivity index (χ3n) is 4.69. The predicted molar refractivity (Wildman–Crippen MR) is 110 cm³/mol. The number of rotatable bonds is 5. The van der Waals surface area contributed by atoms with Gasteiger partial charge in [-0.2, -0.15) is 5.26 Å². The molecule has 146 valence electrons. The highest BCUT2D eigenvalue weighted by molar-refractivity contribution is 6.05. The van der Waals surface area contributed by atoms with Crippen LogP contribution in [0.4, 0.5) is 5.69 Å². The van der Waals surface area contributed by atoms with Gasteiger partial charge < -0.3 is 14.6 Å². The lowest BCUT2D eigenvalue weighted by molar-refractivity contribution is -0.139. The molecule has 1 aromatic heterocycles. The van der Waals surface area contributed by atoms with E-state index in [0.717, 1.165) is 22.6 Å². The van der Waals surface area contributed by atoms with E-state index in [1.807, 2.05) is 42.7 Å². The van der Waals surface area contributed by atoms with Crippen molar-refractivity contribution in [3.8, 4) is 11.8 Å². The number of benzene rings is 2. The zero-order valence-electron chi connectivity index (χ0n) is 16.5. The third-order valence-corrected chi connectivity index (χ3v) is 4.69. The number of hydrogen-bond donors (Lipinski definition) is 1. The van der Waals surface area contributed by atoms with Crippen molar-refractivity contribution >= 4 is 17.6 Å². The van der Waals surface area contributed by atoms with E-state index in [2.05, 4.69) is 16.1 Å². The predicted octanol–water partition coefficient (Wildman–Crippen LogP) is 3.93. The van der Waals surface area contributed by atoms with Crippen molar-refractivity contribution in [1.29, 1.82) is 5.26 Å². The minimum absolute atomic E-state index is 0.146. The minimum atomic E-state index is -0.334. The average molecular weight is 387 g/mol. The van der Waals surface area contributed by atoms with Gasteiger partial charge in [-0.15, -0.1) is 0 Å². The van der Waals surface area contributed by atoms with Crippen LogP contribution in [0.2, 0.25) is 0 Å². The summed E-state index contributed by atoms with van der Waals surface area (Å²) < 4.78 is 6.66. The summed E-state index contributed by atoms with van der Waals surface area (Å²) in [4.78, 5) is 24.3. The van der Waals surface area contributed by atoms with Crippen LogP contribution in [0, 0.1) is 25.2 Å². The first-order valence-corrected chi connectivity index (χ1v) is 9.09. The molecule has 0 fully saturated rings. The average Bonchev–Trinajstić information content (AvgIpc) is 3.02. The molecule has 29 heavy (non-hydrogen) atoms. The number of nitrogens with zero attached hydrogens (tertiary/aromatic N) is 2. The van der Waals surface area contributed by atoms with E-state index in [4.69, 9.17) is 5.26 Å².